The predicted molar refractivity (Wildman–Crippen MR) is 72.3 cm³/mol. The summed E-state index contributed by atoms with van der Waals surface area (Å²) in [7, 11) is 0. The zero-order valence-corrected chi connectivity index (χ0v) is 11.1. The quantitative estimate of drug-likeness (QED) is 0.720. The van der Waals surface area contributed by atoms with Crippen LogP contribution in [0.3, 0.4) is 0 Å². The summed E-state index contributed by atoms with van der Waals surface area (Å²) in [5, 5.41) is 21.3. The van der Waals surface area contributed by atoms with Crippen LogP contribution in [0.2, 0.25) is 0 Å². The van der Waals surface area contributed by atoms with Crippen molar-refractivity contribution in [3.05, 3.63) is 34.9 Å². The van der Waals surface area contributed by atoms with Crippen molar-refractivity contribution in [3.8, 4) is 0 Å². The lowest BCUT2D eigenvalue weighted by molar-refractivity contribution is -0.127. The summed E-state index contributed by atoms with van der Waals surface area (Å²) in [6, 6.07) is 5.65. The van der Waals surface area contributed by atoms with Crippen molar-refractivity contribution in [2.75, 3.05) is 6.54 Å². The number of hydrogen-bond donors (Lipinski definition) is 3. The molecule has 2 rings (SSSR count). The van der Waals surface area contributed by atoms with Gasteiger partial charge >= 0.3 is 0 Å². The number of hydrogen-bond acceptors (Lipinski definition) is 3. The fraction of sp³-hybridized carbons (Fsp3) is 0.533. The van der Waals surface area contributed by atoms with E-state index >= 15 is 0 Å². The molecule has 1 amide bonds. The molecule has 0 bridgehead atoms. The fourth-order valence-electron chi connectivity index (χ4n) is 2.28. The maximum atomic E-state index is 11.7. The minimum absolute atomic E-state index is 0.0609. The first-order valence-corrected chi connectivity index (χ1v) is 6.84. The van der Waals surface area contributed by atoms with E-state index in [4.69, 9.17) is 5.11 Å². The third kappa shape index (κ3) is 3.55. The van der Waals surface area contributed by atoms with Crippen LogP contribution in [-0.4, -0.2) is 22.7 Å². The Morgan fingerprint density at radius 2 is 1.95 bits per heavy atom. The molecule has 19 heavy (non-hydrogen) atoms. The van der Waals surface area contributed by atoms with Gasteiger partial charge in [0.25, 0.3) is 0 Å². The maximum Gasteiger partial charge on any atom is 0.223 e. The van der Waals surface area contributed by atoms with E-state index in [1.165, 1.54) is 6.42 Å². The molecule has 1 aliphatic carbocycles. The van der Waals surface area contributed by atoms with Gasteiger partial charge in [0.1, 0.15) is 0 Å². The van der Waals surface area contributed by atoms with Gasteiger partial charge in [-0.2, -0.15) is 0 Å². The van der Waals surface area contributed by atoms with Crippen molar-refractivity contribution in [2.24, 2.45) is 5.92 Å². The van der Waals surface area contributed by atoms with Crippen molar-refractivity contribution in [1.29, 1.82) is 0 Å². The van der Waals surface area contributed by atoms with E-state index < -0.39 is 0 Å². The highest BCUT2D eigenvalue weighted by Crippen LogP contribution is 2.26. The third-order valence-corrected chi connectivity index (χ3v) is 3.80. The number of amides is 1. The molecule has 4 nitrogen and oxygen atoms in total. The smallest absolute Gasteiger partial charge is 0.223 e. The monoisotopic (exact) mass is 263 g/mol. The number of rotatable bonds is 6. The molecule has 1 fully saturated rings. The van der Waals surface area contributed by atoms with Crippen LogP contribution in [-0.2, 0) is 24.4 Å². The first-order chi connectivity index (χ1) is 9.24. The third-order valence-electron chi connectivity index (χ3n) is 3.80. The van der Waals surface area contributed by atoms with Gasteiger partial charge in [-0.05, 0) is 36.0 Å². The SMILES string of the molecule is O=C(NCCc1ccc(CO)c(CO)c1)C1CCC1. The van der Waals surface area contributed by atoms with Gasteiger partial charge in [-0.25, -0.2) is 0 Å². The van der Waals surface area contributed by atoms with Crippen molar-refractivity contribution in [3.63, 3.8) is 0 Å². The molecule has 4 heteroatoms. The molecular formula is C15H21NO3. The summed E-state index contributed by atoms with van der Waals surface area (Å²) >= 11 is 0. The number of aliphatic hydroxyl groups is 2. The Balaban J connectivity index is 1.83. The molecule has 1 aromatic carbocycles. The van der Waals surface area contributed by atoms with Gasteiger partial charge in [-0.1, -0.05) is 24.6 Å². The van der Waals surface area contributed by atoms with Crippen LogP contribution >= 0.6 is 0 Å². The molecule has 0 heterocycles. The lowest BCUT2D eigenvalue weighted by Crippen LogP contribution is -2.35. The lowest BCUT2D eigenvalue weighted by Gasteiger charge is -2.24. The van der Waals surface area contributed by atoms with E-state index in [1.807, 2.05) is 18.2 Å². The summed E-state index contributed by atoms with van der Waals surface area (Å²) in [5.74, 6) is 0.394. The molecule has 0 aromatic heterocycles. The summed E-state index contributed by atoms with van der Waals surface area (Å²) < 4.78 is 0. The highest BCUT2D eigenvalue weighted by Gasteiger charge is 2.24. The Labute approximate surface area is 113 Å². The van der Waals surface area contributed by atoms with Gasteiger partial charge in [0, 0.05) is 12.5 Å². The standard InChI is InChI=1S/C15H21NO3/c17-9-13-5-4-11(8-14(13)10-18)6-7-16-15(19)12-2-1-3-12/h4-5,8,12,17-18H,1-3,6-7,9-10H2,(H,16,19). The summed E-state index contributed by atoms with van der Waals surface area (Å²) in [5.41, 5.74) is 2.57. The minimum atomic E-state index is -0.0713. The second-order valence-electron chi connectivity index (χ2n) is 5.09. The van der Waals surface area contributed by atoms with Crippen molar-refractivity contribution < 1.29 is 15.0 Å². The van der Waals surface area contributed by atoms with Crippen LogP contribution in [0.5, 0.6) is 0 Å². The number of carbonyl (C=O) groups excluding carboxylic acids is 1. The van der Waals surface area contributed by atoms with Crippen LogP contribution in [0.15, 0.2) is 18.2 Å². The summed E-state index contributed by atoms with van der Waals surface area (Å²) in [4.78, 5) is 11.7. The fourth-order valence-corrected chi connectivity index (χ4v) is 2.28. The van der Waals surface area contributed by atoms with Crippen LogP contribution in [0.25, 0.3) is 0 Å². The normalized spacial score (nSPS) is 15.1. The highest BCUT2D eigenvalue weighted by molar-refractivity contribution is 5.79. The van der Waals surface area contributed by atoms with Gasteiger partial charge < -0.3 is 15.5 Å². The average molecular weight is 263 g/mol. The number of benzene rings is 1. The van der Waals surface area contributed by atoms with Gasteiger partial charge in [-0.3, -0.25) is 4.79 Å². The molecule has 0 unspecified atom stereocenters. The molecule has 0 aliphatic heterocycles. The van der Waals surface area contributed by atoms with E-state index in [9.17, 15) is 9.90 Å². The van der Waals surface area contributed by atoms with E-state index in [0.717, 1.165) is 36.0 Å². The molecular weight excluding hydrogens is 242 g/mol. The molecule has 0 spiro atoms. The van der Waals surface area contributed by atoms with Crippen molar-refractivity contribution in [2.45, 2.75) is 38.9 Å². The van der Waals surface area contributed by atoms with E-state index in [-0.39, 0.29) is 25.0 Å². The molecule has 0 radical (unpaired) electrons. The average Bonchev–Trinajstić information content (AvgIpc) is 2.36. The lowest BCUT2D eigenvalue weighted by atomic mass is 9.85. The van der Waals surface area contributed by atoms with Crippen molar-refractivity contribution in [1.82, 2.24) is 5.32 Å². The Hall–Kier alpha value is -1.39. The van der Waals surface area contributed by atoms with Crippen LogP contribution in [0.1, 0.15) is 36.0 Å². The van der Waals surface area contributed by atoms with Gasteiger partial charge in [0.15, 0.2) is 0 Å². The van der Waals surface area contributed by atoms with Gasteiger partial charge in [-0.15, -0.1) is 0 Å². The minimum Gasteiger partial charge on any atom is -0.392 e. The zero-order chi connectivity index (χ0) is 13.7. The second kappa shape index (κ2) is 6.68. The number of aliphatic hydroxyl groups excluding tert-OH is 2. The molecule has 1 aromatic rings. The molecule has 0 saturated heterocycles. The van der Waals surface area contributed by atoms with Gasteiger partial charge in [0.05, 0.1) is 13.2 Å². The zero-order valence-electron chi connectivity index (χ0n) is 11.1. The number of carbonyl (C=O) groups is 1. The second-order valence-corrected chi connectivity index (χ2v) is 5.09. The van der Waals surface area contributed by atoms with Crippen LogP contribution < -0.4 is 5.32 Å². The van der Waals surface area contributed by atoms with Crippen molar-refractivity contribution >= 4 is 5.91 Å². The molecule has 3 N–H and O–H groups in total. The molecule has 0 atom stereocenters. The first kappa shape index (κ1) is 14.0. The summed E-state index contributed by atoms with van der Waals surface area (Å²) in [6.45, 7) is 0.491. The Morgan fingerprint density at radius 1 is 1.21 bits per heavy atom. The highest BCUT2D eigenvalue weighted by atomic mass is 16.3. The maximum absolute atomic E-state index is 11.7. The largest absolute Gasteiger partial charge is 0.392 e. The Bertz CT molecular complexity index is 441. The molecule has 1 saturated carbocycles. The predicted octanol–water partition coefficient (Wildman–Crippen LogP) is 1.13. The number of nitrogens with one attached hydrogen (secondary N) is 1. The first-order valence-electron chi connectivity index (χ1n) is 6.84. The molecule has 1 aliphatic rings. The Kier molecular flexibility index (Phi) is 4.93. The van der Waals surface area contributed by atoms with E-state index in [2.05, 4.69) is 5.32 Å². The van der Waals surface area contributed by atoms with Crippen LogP contribution in [0, 0.1) is 5.92 Å². The van der Waals surface area contributed by atoms with E-state index in [0.29, 0.717) is 6.54 Å². The van der Waals surface area contributed by atoms with E-state index in [1.54, 1.807) is 0 Å². The summed E-state index contributed by atoms with van der Waals surface area (Å²) in [6.07, 6.45) is 3.95. The topological polar surface area (TPSA) is 69.6 Å². The molecule has 104 valence electrons. The van der Waals surface area contributed by atoms with Gasteiger partial charge in [0.2, 0.25) is 5.91 Å². The Morgan fingerprint density at radius 3 is 2.53 bits per heavy atom. The van der Waals surface area contributed by atoms with Crippen LogP contribution in [0.4, 0.5) is 0 Å².